The van der Waals surface area contributed by atoms with Crippen LogP contribution in [0.25, 0.3) is 44.1 Å². The van der Waals surface area contributed by atoms with Gasteiger partial charge in [-0.3, -0.25) is 0 Å². The normalized spacial score (nSPS) is 12.8. The van der Waals surface area contributed by atoms with Crippen molar-refractivity contribution >= 4 is 73.7 Å². The first-order chi connectivity index (χ1) is 27.8. The first-order valence-corrected chi connectivity index (χ1v) is 20.1. The minimum absolute atomic E-state index is 0.00669. The van der Waals surface area contributed by atoms with E-state index in [9.17, 15) is 0 Å². The van der Waals surface area contributed by atoms with Gasteiger partial charge in [0.2, 0.25) is 0 Å². The molecule has 3 nitrogen and oxygen atoms in total. The molecule has 8 aromatic carbocycles. The lowest BCUT2D eigenvalue weighted by atomic mass is 9.45. The van der Waals surface area contributed by atoms with E-state index in [0.717, 1.165) is 17.1 Å². The van der Waals surface area contributed by atoms with Crippen LogP contribution in [-0.4, -0.2) is 11.3 Å². The molecule has 2 aliphatic rings. The van der Waals surface area contributed by atoms with Crippen LogP contribution in [0.15, 0.2) is 182 Å². The summed E-state index contributed by atoms with van der Waals surface area (Å²) in [7, 11) is 0. The molecule has 0 saturated heterocycles. The molecule has 1 aromatic heterocycles. The lowest BCUT2D eigenvalue weighted by Crippen LogP contribution is -2.56. The van der Waals surface area contributed by atoms with Crippen molar-refractivity contribution in [2.24, 2.45) is 0 Å². The summed E-state index contributed by atoms with van der Waals surface area (Å²) in [5.74, 6) is 0. The molecule has 272 valence electrons. The topological polar surface area (TPSA) is 11.4 Å². The van der Waals surface area contributed by atoms with Crippen molar-refractivity contribution in [1.82, 2.24) is 4.48 Å². The van der Waals surface area contributed by atoms with E-state index in [4.69, 9.17) is 0 Å². The van der Waals surface area contributed by atoms with Crippen molar-refractivity contribution in [3.8, 4) is 22.3 Å². The standard InChI is InChI=1S/C53H42BN3/c1-35-31-45-43-25-16-24-42-41-23-14-15-26-48(41)57(52(42)43)54-46-34-40(55(38-19-10-6-11-20-38)39-21-12-7-13-22-39)28-30-49(46)56(50(32-35)51(45)54)47-29-27-37(53(2,3)4)33-44(47)36-17-8-5-9-18-36/h5-34H,1-4H3. The third-order valence-electron chi connectivity index (χ3n) is 12.1. The van der Waals surface area contributed by atoms with Gasteiger partial charge in [0.05, 0.1) is 5.69 Å². The summed E-state index contributed by atoms with van der Waals surface area (Å²) in [4.78, 5) is 4.96. The van der Waals surface area contributed by atoms with E-state index in [0.29, 0.717) is 0 Å². The average molecular weight is 732 g/mol. The number of benzene rings is 8. The highest BCUT2D eigenvalue weighted by atomic mass is 15.2. The minimum Gasteiger partial charge on any atom is -0.375 e. The molecule has 0 unspecified atom stereocenters. The smallest absolute Gasteiger partial charge is 0.333 e. The molecular weight excluding hydrogens is 689 g/mol. The van der Waals surface area contributed by atoms with Crippen molar-refractivity contribution in [1.29, 1.82) is 0 Å². The van der Waals surface area contributed by atoms with Gasteiger partial charge >= 0.3 is 6.85 Å². The van der Waals surface area contributed by atoms with Gasteiger partial charge < -0.3 is 14.3 Å². The third-order valence-corrected chi connectivity index (χ3v) is 12.1. The Labute approximate surface area is 335 Å². The Balaban J connectivity index is 1.26. The zero-order chi connectivity index (χ0) is 38.4. The summed E-state index contributed by atoms with van der Waals surface area (Å²) in [5.41, 5.74) is 19.8. The molecule has 4 heteroatoms. The number of nitrogens with zero attached hydrogens (tertiary/aromatic N) is 3. The summed E-state index contributed by atoms with van der Waals surface area (Å²) in [6.45, 7) is 9.12. The molecule has 11 rings (SSSR count). The summed E-state index contributed by atoms with van der Waals surface area (Å²) in [6.07, 6.45) is 0. The van der Waals surface area contributed by atoms with Gasteiger partial charge in [-0.2, -0.15) is 0 Å². The Kier molecular flexibility index (Phi) is 7.43. The number of anilines is 6. The van der Waals surface area contributed by atoms with Crippen LogP contribution in [0, 0.1) is 6.92 Å². The fourth-order valence-electron chi connectivity index (χ4n) is 9.58. The maximum atomic E-state index is 2.65. The van der Waals surface area contributed by atoms with E-state index in [1.807, 2.05) is 0 Å². The van der Waals surface area contributed by atoms with Crippen molar-refractivity contribution < 1.29 is 0 Å². The van der Waals surface area contributed by atoms with Crippen LogP contribution >= 0.6 is 0 Å². The molecule has 9 aromatic rings. The third kappa shape index (κ3) is 5.13. The number of fused-ring (bicyclic) bond motifs is 7. The first-order valence-electron chi connectivity index (χ1n) is 20.1. The molecule has 0 fully saturated rings. The average Bonchev–Trinajstić information content (AvgIpc) is 3.58. The Morgan fingerprint density at radius 2 is 1.14 bits per heavy atom. The number of para-hydroxylation sites is 4. The second-order valence-corrected chi connectivity index (χ2v) is 16.7. The van der Waals surface area contributed by atoms with Crippen LogP contribution in [0.4, 0.5) is 34.1 Å². The van der Waals surface area contributed by atoms with Gasteiger partial charge in [0, 0.05) is 61.4 Å². The largest absolute Gasteiger partial charge is 0.375 e. The lowest BCUT2D eigenvalue weighted by Gasteiger charge is -2.42. The predicted molar refractivity (Wildman–Crippen MR) is 244 cm³/mol. The lowest BCUT2D eigenvalue weighted by molar-refractivity contribution is 0.590. The highest BCUT2D eigenvalue weighted by Crippen LogP contribution is 2.49. The van der Waals surface area contributed by atoms with Crippen LogP contribution in [0.3, 0.4) is 0 Å². The molecule has 0 bridgehead atoms. The summed E-state index contributed by atoms with van der Waals surface area (Å²) < 4.78 is 2.65. The fourth-order valence-corrected chi connectivity index (χ4v) is 9.58. The van der Waals surface area contributed by atoms with E-state index in [1.165, 1.54) is 83.2 Å². The Hall–Kier alpha value is -6.78. The van der Waals surface area contributed by atoms with Gasteiger partial charge in [-0.15, -0.1) is 0 Å². The Morgan fingerprint density at radius 1 is 0.491 bits per heavy atom. The van der Waals surface area contributed by atoms with Gasteiger partial charge in [0.25, 0.3) is 0 Å². The SMILES string of the molecule is Cc1cc2c3c(c1)N(c1ccc(C(C)(C)C)cc1-c1ccccc1)c1ccc(N(c4ccccc4)c4ccccc4)cc1B3n1c3ccccc3c3cccc-2c31. The van der Waals surface area contributed by atoms with Crippen LogP contribution in [0.1, 0.15) is 31.9 Å². The van der Waals surface area contributed by atoms with Gasteiger partial charge in [-0.25, -0.2) is 0 Å². The molecule has 0 aliphatic carbocycles. The monoisotopic (exact) mass is 731 g/mol. The summed E-state index contributed by atoms with van der Waals surface area (Å²) >= 11 is 0. The summed E-state index contributed by atoms with van der Waals surface area (Å²) in [6, 6.07) is 67.5. The molecule has 0 radical (unpaired) electrons. The van der Waals surface area contributed by atoms with E-state index >= 15 is 0 Å². The van der Waals surface area contributed by atoms with E-state index in [-0.39, 0.29) is 12.3 Å². The van der Waals surface area contributed by atoms with Crippen LogP contribution in [-0.2, 0) is 5.41 Å². The van der Waals surface area contributed by atoms with Crippen molar-refractivity contribution in [3.63, 3.8) is 0 Å². The fraction of sp³-hybridized carbons (Fsp3) is 0.0943. The molecule has 0 N–H and O–H groups in total. The zero-order valence-corrected chi connectivity index (χ0v) is 32.7. The highest BCUT2D eigenvalue weighted by Gasteiger charge is 2.43. The molecule has 2 aliphatic heterocycles. The number of aryl methyl sites for hydroxylation is 1. The van der Waals surface area contributed by atoms with Crippen LogP contribution < -0.4 is 20.7 Å². The van der Waals surface area contributed by atoms with Gasteiger partial charge in [0.15, 0.2) is 0 Å². The van der Waals surface area contributed by atoms with Crippen molar-refractivity contribution in [2.75, 3.05) is 9.80 Å². The number of aromatic nitrogens is 1. The maximum absolute atomic E-state index is 2.65. The van der Waals surface area contributed by atoms with Crippen molar-refractivity contribution in [3.05, 3.63) is 193 Å². The predicted octanol–water partition coefficient (Wildman–Crippen LogP) is 13.0. The van der Waals surface area contributed by atoms with E-state index in [1.54, 1.807) is 0 Å². The highest BCUT2D eigenvalue weighted by molar-refractivity contribution is 6.90. The minimum atomic E-state index is -0.0541. The molecule has 57 heavy (non-hydrogen) atoms. The molecule has 0 atom stereocenters. The molecule has 0 amide bonds. The van der Waals surface area contributed by atoms with E-state index in [2.05, 4.69) is 224 Å². The van der Waals surface area contributed by atoms with Gasteiger partial charge in [0.1, 0.15) is 0 Å². The van der Waals surface area contributed by atoms with Crippen LogP contribution in [0.5, 0.6) is 0 Å². The number of hydrogen-bond acceptors (Lipinski definition) is 2. The zero-order valence-electron chi connectivity index (χ0n) is 32.7. The van der Waals surface area contributed by atoms with Gasteiger partial charge in [-0.1, -0.05) is 136 Å². The summed E-state index contributed by atoms with van der Waals surface area (Å²) in [5, 5.41) is 2.59. The second kappa shape index (κ2) is 12.6. The Morgan fingerprint density at radius 3 is 1.86 bits per heavy atom. The van der Waals surface area contributed by atoms with Crippen LogP contribution in [0.2, 0.25) is 0 Å². The number of hydrogen-bond donors (Lipinski definition) is 0. The van der Waals surface area contributed by atoms with Gasteiger partial charge in [-0.05, 0) is 112 Å². The molecule has 3 heterocycles. The van der Waals surface area contributed by atoms with E-state index < -0.39 is 0 Å². The molecule has 0 saturated carbocycles. The van der Waals surface area contributed by atoms with Crippen molar-refractivity contribution in [2.45, 2.75) is 33.1 Å². The second-order valence-electron chi connectivity index (χ2n) is 16.7. The quantitative estimate of drug-likeness (QED) is 0.163. The maximum Gasteiger partial charge on any atom is 0.333 e. The molecule has 0 spiro atoms. The molecular formula is C53H42BN3. The Bertz CT molecular complexity index is 2980. The number of rotatable bonds is 5. The first kappa shape index (κ1) is 33.6.